The molecule has 2 fully saturated rings. The van der Waals surface area contributed by atoms with Gasteiger partial charge in [0.15, 0.2) is 0 Å². The first-order valence-electron chi connectivity index (χ1n) is 7.79. The minimum Gasteiger partial charge on any atom is -0.353 e. The number of rotatable bonds is 4. The molecule has 0 spiro atoms. The van der Waals surface area contributed by atoms with Gasteiger partial charge in [-0.1, -0.05) is 13.8 Å². The number of nitrogens with two attached hydrogens (primary N) is 1. The number of hydrogen-bond donors (Lipinski definition) is 2. The highest BCUT2D eigenvalue weighted by atomic mass is 16.2. The summed E-state index contributed by atoms with van der Waals surface area (Å²) in [6.45, 7) is 6.20. The van der Waals surface area contributed by atoms with E-state index >= 15 is 0 Å². The van der Waals surface area contributed by atoms with Crippen molar-refractivity contribution in [1.82, 2.24) is 10.2 Å². The van der Waals surface area contributed by atoms with Gasteiger partial charge in [-0.15, -0.1) is 0 Å². The number of carbonyl (C=O) groups is 2. The van der Waals surface area contributed by atoms with Crippen LogP contribution in [0.25, 0.3) is 0 Å². The molecule has 0 bridgehead atoms. The highest BCUT2D eigenvalue weighted by Gasteiger charge is 2.36. The largest absolute Gasteiger partial charge is 0.353 e. The molecular formula is C15H27N3O2. The first kappa shape index (κ1) is 15.3. The van der Waals surface area contributed by atoms with Gasteiger partial charge in [-0.2, -0.15) is 0 Å². The molecule has 2 amide bonds. The number of hydrogen-bond acceptors (Lipinski definition) is 3. The van der Waals surface area contributed by atoms with Gasteiger partial charge in [0.05, 0.1) is 5.92 Å². The van der Waals surface area contributed by atoms with Crippen molar-refractivity contribution in [3.8, 4) is 0 Å². The molecule has 2 rings (SSSR count). The van der Waals surface area contributed by atoms with Gasteiger partial charge in [-0.25, -0.2) is 0 Å². The molecule has 3 unspecified atom stereocenters. The van der Waals surface area contributed by atoms with Crippen LogP contribution in [0.5, 0.6) is 0 Å². The van der Waals surface area contributed by atoms with Gasteiger partial charge in [-0.3, -0.25) is 9.59 Å². The number of amides is 2. The minimum absolute atomic E-state index is 0.0512. The van der Waals surface area contributed by atoms with Crippen LogP contribution in [0, 0.1) is 17.8 Å². The van der Waals surface area contributed by atoms with Crippen LogP contribution >= 0.6 is 0 Å². The van der Waals surface area contributed by atoms with Gasteiger partial charge < -0.3 is 16.0 Å². The molecule has 2 aliphatic rings. The van der Waals surface area contributed by atoms with E-state index in [1.807, 2.05) is 4.90 Å². The third kappa shape index (κ3) is 3.51. The van der Waals surface area contributed by atoms with Gasteiger partial charge in [-0.05, 0) is 31.1 Å². The van der Waals surface area contributed by atoms with Gasteiger partial charge >= 0.3 is 0 Å². The third-order valence-corrected chi connectivity index (χ3v) is 4.52. The molecule has 2 saturated heterocycles. The van der Waals surface area contributed by atoms with Gasteiger partial charge in [0, 0.05) is 32.1 Å². The lowest BCUT2D eigenvalue weighted by atomic mass is 9.84. The van der Waals surface area contributed by atoms with E-state index in [2.05, 4.69) is 19.2 Å². The molecule has 3 atom stereocenters. The molecule has 0 aromatic heterocycles. The number of likely N-dealkylation sites (tertiary alicyclic amines) is 1. The first-order valence-corrected chi connectivity index (χ1v) is 7.79. The van der Waals surface area contributed by atoms with E-state index in [4.69, 9.17) is 5.73 Å². The summed E-state index contributed by atoms with van der Waals surface area (Å²) in [6.07, 6.45) is 3.23. The van der Waals surface area contributed by atoms with E-state index in [1.54, 1.807) is 0 Å². The Balaban J connectivity index is 1.93. The van der Waals surface area contributed by atoms with E-state index in [9.17, 15) is 9.59 Å². The second kappa shape index (κ2) is 6.57. The molecule has 114 valence electrons. The number of piperidine rings is 2. The lowest BCUT2D eigenvalue weighted by Crippen LogP contribution is -2.56. The molecule has 5 nitrogen and oxygen atoms in total. The number of nitrogens with one attached hydrogen (secondary N) is 1. The predicted molar refractivity (Wildman–Crippen MR) is 77.9 cm³/mol. The molecule has 3 N–H and O–H groups in total. The second-order valence-corrected chi connectivity index (χ2v) is 6.61. The Morgan fingerprint density at radius 1 is 1.45 bits per heavy atom. The van der Waals surface area contributed by atoms with Crippen molar-refractivity contribution in [2.45, 2.75) is 45.6 Å². The van der Waals surface area contributed by atoms with Crippen LogP contribution in [0.1, 0.15) is 39.5 Å². The summed E-state index contributed by atoms with van der Waals surface area (Å²) in [6, 6.07) is 0.265. The monoisotopic (exact) mass is 281 g/mol. The maximum Gasteiger partial charge on any atom is 0.226 e. The summed E-state index contributed by atoms with van der Waals surface area (Å²) in [5.74, 6) is 1.22. The van der Waals surface area contributed by atoms with Crippen molar-refractivity contribution in [1.29, 1.82) is 0 Å². The van der Waals surface area contributed by atoms with E-state index in [0.29, 0.717) is 24.8 Å². The number of carbonyl (C=O) groups excluding carboxylic acids is 2. The topological polar surface area (TPSA) is 75.4 Å². The van der Waals surface area contributed by atoms with Crippen LogP contribution in [0.4, 0.5) is 0 Å². The Labute approximate surface area is 121 Å². The third-order valence-electron chi connectivity index (χ3n) is 4.52. The van der Waals surface area contributed by atoms with Crippen molar-refractivity contribution in [2.24, 2.45) is 23.5 Å². The van der Waals surface area contributed by atoms with E-state index in [1.165, 1.54) is 0 Å². The molecule has 0 aromatic carbocycles. The Kier molecular flexibility index (Phi) is 5.02. The smallest absolute Gasteiger partial charge is 0.226 e. The number of fused-ring (bicyclic) bond motifs is 1. The Morgan fingerprint density at radius 2 is 2.20 bits per heavy atom. The molecule has 5 heteroatoms. The number of nitrogens with zero attached hydrogens (tertiary/aromatic N) is 1. The standard InChI is InChI=1S/C15H27N3O2/c1-10(2)7-12(8-16)15(20)18-6-5-13-11(9-18)3-4-14(19)17-13/h10-13H,3-9,16H2,1-2H3,(H,17,19). The normalized spacial score (nSPS) is 28.0. The van der Waals surface area contributed by atoms with E-state index in [-0.39, 0.29) is 23.8 Å². The average molecular weight is 281 g/mol. The van der Waals surface area contributed by atoms with Crippen molar-refractivity contribution >= 4 is 11.8 Å². The molecule has 2 aliphatic heterocycles. The summed E-state index contributed by atoms with van der Waals surface area (Å²) in [5, 5.41) is 3.05. The highest BCUT2D eigenvalue weighted by molar-refractivity contribution is 5.80. The second-order valence-electron chi connectivity index (χ2n) is 6.61. The van der Waals surface area contributed by atoms with Crippen LogP contribution in [0.15, 0.2) is 0 Å². The highest BCUT2D eigenvalue weighted by Crippen LogP contribution is 2.27. The molecule has 0 saturated carbocycles. The van der Waals surface area contributed by atoms with Crippen molar-refractivity contribution in [3.05, 3.63) is 0 Å². The zero-order valence-electron chi connectivity index (χ0n) is 12.6. The van der Waals surface area contributed by atoms with Crippen molar-refractivity contribution in [2.75, 3.05) is 19.6 Å². The SMILES string of the molecule is CC(C)CC(CN)C(=O)N1CCC2NC(=O)CCC2C1. The lowest BCUT2D eigenvalue weighted by Gasteiger charge is -2.42. The lowest BCUT2D eigenvalue weighted by molar-refractivity contribution is -0.139. The summed E-state index contributed by atoms with van der Waals surface area (Å²) in [7, 11) is 0. The van der Waals surface area contributed by atoms with Gasteiger partial charge in [0.1, 0.15) is 0 Å². The molecular weight excluding hydrogens is 254 g/mol. The Bertz CT molecular complexity index is 370. The maximum absolute atomic E-state index is 12.6. The van der Waals surface area contributed by atoms with Crippen molar-refractivity contribution in [3.63, 3.8) is 0 Å². The fraction of sp³-hybridized carbons (Fsp3) is 0.867. The van der Waals surface area contributed by atoms with Crippen LogP contribution in [-0.2, 0) is 9.59 Å². The van der Waals surface area contributed by atoms with Crippen LogP contribution in [0.3, 0.4) is 0 Å². The molecule has 20 heavy (non-hydrogen) atoms. The first-order chi connectivity index (χ1) is 9.51. The minimum atomic E-state index is -0.0512. The van der Waals surface area contributed by atoms with Crippen molar-refractivity contribution < 1.29 is 9.59 Å². The van der Waals surface area contributed by atoms with Crippen LogP contribution < -0.4 is 11.1 Å². The fourth-order valence-corrected chi connectivity index (χ4v) is 3.44. The molecule has 0 aliphatic carbocycles. The van der Waals surface area contributed by atoms with Crippen LogP contribution in [0.2, 0.25) is 0 Å². The van der Waals surface area contributed by atoms with Gasteiger partial charge in [0.2, 0.25) is 11.8 Å². The summed E-state index contributed by atoms with van der Waals surface area (Å²) < 4.78 is 0. The Hall–Kier alpha value is -1.10. The molecule has 0 aromatic rings. The average Bonchev–Trinajstić information content (AvgIpc) is 2.43. The summed E-state index contributed by atoms with van der Waals surface area (Å²) in [5.41, 5.74) is 5.77. The van der Waals surface area contributed by atoms with Crippen LogP contribution in [-0.4, -0.2) is 42.4 Å². The fourth-order valence-electron chi connectivity index (χ4n) is 3.44. The zero-order valence-corrected chi connectivity index (χ0v) is 12.6. The zero-order chi connectivity index (χ0) is 14.7. The maximum atomic E-state index is 12.6. The van der Waals surface area contributed by atoms with E-state index in [0.717, 1.165) is 32.4 Å². The summed E-state index contributed by atoms with van der Waals surface area (Å²) >= 11 is 0. The quantitative estimate of drug-likeness (QED) is 0.798. The Morgan fingerprint density at radius 3 is 2.85 bits per heavy atom. The predicted octanol–water partition coefficient (Wildman–Crippen LogP) is 0.735. The molecule has 2 heterocycles. The van der Waals surface area contributed by atoms with E-state index < -0.39 is 0 Å². The summed E-state index contributed by atoms with van der Waals surface area (Å²) in [4.78, 5) is 25.9. The molecule has 0 radical (unpaired) electrons. The van der Waals surface area contributed by atoms with Gasteiger partial charge in [0.25, 0.3) is 0 Å².